The van der Waals surface area contributed by atoms with E-state index in [9.17, 15) is 29.8 Å². The first-order chi connectivity index (χ1) is 28.1. The number of aromatic hydroxyl groups is 1. The Kier molecular flexibility index (Phi) is 12.8. The van der Waals surface area contributed by atoms with Gasteiger partial charge in [0.2, 0.25) is 11.8 Å². The fourth-order valence-corrected chi connectivity index (χ4v) is 14.7. The van der Waals surface area contributed by atoms with Crippen LogP contribution in [-0.4, -0.2) is 74.4 Å². The number of methoxy groups -OCH3 is 1. The van der Waals surface area contributed by atoms with Crippen LogP contribution in [0.1, 0.15) is 52.5 Å². The molecule has 2 saturated heterocycles. The topological polar surface area (TPSA) is 146 Å². The van der Waals surface area contributed by atoms with Crippen LogP contribution in [0.3, 0.4) is 0 Å². The molecule has 2 heterocycles. The van der Waals surface area contributed by atoms with Gasteiger partial charge in [-0.2, -0.15) is 0 Å². The van der Waals surface area contributed by atoms with Crippen molar-refractivity contribution in [2.45, 2.75) is 64.4 Å². The minimum absolute atomic E-state index is 0.0890. The van der Waals surface area contributed by atoms with Crippen molar-refractivity contribution >= 4 is 84.6 Å². The molecule has 0 saturated carbocycles. The lowest BCUT2D eigenvalue weighted by Crippen LogP contribution is -2.66. The molecule has 1 aliphatic carbocycles. The summed E-state index contributed by atoms with van der Waals surface area (Å²) < 4.78 is 19.9. The Morgan fingerprint density at radius 2 is 1.63 bits per heavy atom. The number of hydrogen-bond acceptors (Lipinski definition) is 9. The highest BCUT2D eigenvalue weighted by atomic mass is 127. The summed E-state index contributed by atoms with van der Waals surface area (Å²) >= 11 is 2.08. The number of imide groups is 1. The summed E-state index contributed by atoms with van der Waals surface area (Å²) in [5.74, 6) is -2.22. The van der Waals surface area contributed by atoms with E-state index in [1.165, 1.54) is 24.1 Å². The maximum Gasteiger partial charge on any atom is 0.488 e. The van der Waals surface area contributed by atoms with E-state index in [1.807, 2.05) is 55.5 Å². The lowest BCUT2D eigenvalue weighted by atomic mass is 9.58. The molecule has 4 N–H and O–H groups in total. The fraction of sp³-hybridized carbons (Fsp3) is 0.333. The molecule has 0 unspecified atom stereocenters. The number of anilines is 1. The SMILES string of the molecule is COc1cc(/C=C(\C)CC[C@H]2OB(O)C[C@H]3C2=C(CO[Si](c2ccccc2)(c2ccccc2)C(C)(C)C)C[C@H]2C(=O)N(c4cccc(B(O)O)c4)C(=O)[C@H]23)cc(I)c1O. The molecule has 0 aromatic heterocycles. The highest BCUT2D eigenvalue weighted by molar-refractivity contribution is 14.1. The Balaban J connectivity index is 1.30. The van der Waals surface area contributed by atoms with Crippen LogP contribution in [0.25, 0.3) is 6.08 Å². The van der Waals surface area contributed by atoms with Crippen LogP contribution in [0.4, 0.5) is 5.69 Å². The summed E-state index contributed by atoms with van der Waals surface area (Å²) in [6.07, 6.45) is 2.98. The number of benzene rings is 4. The second-order valence-corrected chi connectivity index (χ2v) is 22.3. The molecule has 14 heteroatoms. The Hall–Kier alpha value is -4.02. The van der Waals surface area contributed by atoms with E-state index in [4.69, 9.17) is 13.8 Å². The van der Waals surface area contributed by atoms with E-state index < -0.39 is 46.4 Å². The lowest BCUT2D eigenvalue weighted by Gasteiger charge is -2.46. The van der Waals surface area contributed by atoms with Gasteiger partial charge in [0.25, 0.3) is 8.32 Å². The van der Waals surface area contributed by atoms with Crippen molar-refractivity contribution in [1.29, 1.82) is 0 Å². The molecule has 2 aliphatic heterocycles. The van der Waals surface area contributed by atoms with Crippen molar-refractivity contribution in [3.05, 3.63) is 123 Å². The van der Waals surface area contributed by atoms with Gasteiger partial charge in [-0.15, -0.1) is 0 Å². The summed E-state index contributed by atoms with van der Waals surface area (Å²) in [6, 6.07) is 30.6. The zero-order valence-corrected chi connectivity index (χ0v) is 37.1. The molecule has 4 atom stereocenters. The van der Waals surface area contributed by atoms with Gasteiger partial charge in [-0.05, 0) is 123 Å². The number of carbonyl (C=O) groups is 2. The number of phenolic OH excluding ortho intramolecular Hbond substituents is 1. The molecule has 0 bridgehead atoms. The zero-order valence-electron chi connectivity index (χ0n) is 34.0. The van der Waals surface area contributed by atoms with Gasteiger partial charge in [0.05, 0.1) is 40.9 Å². The Morgan fingerprint density at radius 3 is 2.24 bits per heavy atom. The molecule has 2 amide bonds. The van der Waals surface area contributed by atoms with Crippen molar-refractivity contribution in [2.24, 2.45) is 17.8 Å². The monoisotopic (exact) mass is 925 g/mol. The summed E-state index contributed by atoms with van der Waals surface area (Å²) in [7, 11) is -4.46. The normalized spacial score (nSPS) is 21.1. The Bertz CT molecular complexity index is 2230. The van der Waals surface area contributed by atoms with Crippen LogP contribution in [0.5, 0.6) is 11.5 Å². The van der Waals surface area contributed by atoms with E-state index in [1.54, 1.807) is 18.2 Å². The Morgan fingerprint density at radius 1 is 0.966 bits per heavy atom. The molecule has 2 fully saturated rings. The number of amides is 2. The van der Waals surface area contributed by atoms with Crippen molar-refractivity contribution in [1.82, 2.24) is 0 Å². The number of phenols is 1. The smallest absolute Gasteiger partial charge is 0.488 e. The van der Waals surface area contributed by atoms with Crippen LogP contribution in [0.2, 0.25) is 11.4 Å². The first-order valence-electron chi connectivity index (χ1n) is 20.0. The summed E-state index contributed by atoms with van der Waals surface area (Å²) in [6.45, 7) is 8.87. The summed E-state index contributed by atoms with van der Waals surface area (Å²) in [5.41, 5.74) is 4.17. The maximum absolute atomic E-state index is 14.6. The molecule has 4 aromatic rings. The molecule has 7 rings (SSSR count). The van der Waals surface area contributed by atoms with Gasteiger partial charge < -0.3 is 34.0 Å². The van der Waals surface area contributed by atoms with Gasteiger partial charge >= 0.3 is 14.2 Å². The van der Waals surface area contributed by atoms with Gasteiger partial charge in [0, 0.05) is 0 Å². The molecule has 10 nitrogen and oxygen atoms in total. The number of rotatable bonds is 12. The highest BCUT2D eigenvalue weighted by Gasteiger charge is 2.58. The number of carbonyl (C=O) groups excluding carboxylic acids is 2. The van der Waals surface area contributed by atoms with E-state index in [-0.39, 0.29) is 53.1 Å². The number of allylic oxidation sites excluding steroid dienone is 1. The van der Waals surface area contributed by atoms with Gasteiger partial charge in [-0.3, -0.25) is 14.5 Å². The first kappa shape index (κ1) is 43.1. The number of hydrogen-bond donors (Lipinski definition) is 4. The number of fused-ring (bicyclic) bond motifs is 3. The minimum atomic E-state index is -3.04. The first-order valence-corrected chi connectivity index (χ1v) is 23.0. The van der Waals surface area contributed by atoms with Crippen molar-refractivity contribution < 1.29 is 43.6 Å². The quantitative estimate of drug-likeness (QED) is 0.0632. The van der Waals surface area contributed by atoms with E-state index in [0.29, 0.717) is 22.2 Å². The van der Waals surface area contributed by atoms with Gasteiger partial charge in [0.15, 0.2) is 11.5 Å². The molecule has 306 valence electrons. The van der Waals surface area contributed by atoms with E-state index >= 15 is 0 Å². The summed E-state index contributed by atoms with van der Waals surface area (Å²) in [4.78, 5) is 30.3. The number of halogens is 1. The van der Waals surface area contributed by atoms with Gasteiger partial charge in [-0.1, -0.05) is 105 Å². The fourth-order valence-electron chi connectivity index (χ4n) is 9.48. The number of ether oxygens (including phenoxy) is 1. The molecule has 59 heavy (non-hydrogen) atoms. The van der Waals surface area contributed by atoms with Gasteiger partial charge in [-0.25, -0.2) is 0 Å². The maximum atomic E-state index is 14.6. The molecule has 3 aliphatic rings. The third-order valence-corrected chi connectivity index (χ3v) is 17.9. The predicted molar refractivity (Wildman–Crippen MR) is 242 cm³/mol. The zero-order chi connectivity index (χ0) is 42.2. The second-order valence-electron chi connectivity index (χ2n) is 16.8. The summed E-state index contributed by atoms with van der Waals surface area (Å²) in [5, 5.41) is 43.5. The van der Waals surface area contributed by atoms with Crippen molar-refractivity contribution in [3.63, 3.8) is 0 Å². The lowest BCUT2D eigenvalue weighted by molar-refractivity contribution is -0.122. The molecule has 0 spiro atoms. The molecular weight excluding hydrogens is 875 g/mol. The highest BCUT2D eigenvalue weighted by Crippen LogP contribution is 2.52. The largest absolute Gasteiger partial charge is 0.504 e. The molecule has 4 aromatic carbocycles. The number of nitrogens with zero attached hydrogens (tertiary/aromatic N) is 1. The average molecular weight is 926 g/mol. The minimum Gasteiger partial charge on any atom is -0.504 e. The molecule has 0 radical (unpaired) electrons. The third kappa shape index (κ3) is 8.37. The predicted octanol–water partition coefficient (Wildman–Crippen LogP) is 5.45. The average Bonchev–Trinajstić information content (AvgIpc) is 3.46. The van der Waals surface area contributed by atoms with Crippen LogP contribution < -0.4 is 25.5 Å². The van der Waals surface area contributed by atoms with Crippen LogP contribution >= 0.6 is 22.6 Å². The van der Waals surface area contributed by atoms with Crippen LogP contribution in [0, 0.1) is 21.3 Å². The van der Waals surface area contributed by atoms with Crippen molar-refractivity contribution in [2.75, 3.05) is 18.6 Å². The second kappa shape index (κ2) is 17.5. The Labute approximate surface area is 361 Å². The van der Waals surface area contributed by atoms with E-state index in [0.717, 1.165) is 32.7 Å². The van der Waals surface area contributed by atoms with Crippen LogP contribution in [0.15, 0.2) is 114 Å². The van der Waals surface area contributed by atoms with Crippen LogP contribution in [-0.2, 0) is 18.7 Å². The third-order valence-electron chi connectivity index (χ3n) is 12.1. The van der Waals surface area contributed by atoms with Crippen molar-refractivity contribution in [3.8, 4) is 11.5 Å². The standard InChI is InChI=1S/C45H50B2INO9Si/c1-28(21-29-22-37(48)42(50)39(23-29)56-5)19-20-38-40-30(27-57-59(45(2,3)4,33-15-8-6-9-16-33)34-17-10-7-11-18-34)24-35-41(36(40)26-46(53)58-38)44(52)49(43(35)51)32-14-12-13-31(25-32)47(54)55/h6-18,21-23,25,35-36,38,41,50,53-55H,19-20,24,26-27H2,1-5H3/b28-21+/t35-,36+,38-,41-/m1/s1. The van der Waals surface area contributed by atoms with Gasteiger partial charge in [0.1, 0.15) is 0 Å². The van der Waals surface area contributed by atoms with E-state index in [2.05, 4.69) is 67.6 Å². The molecular formula is C45H50B2INO9Si.